The summed E-state index contributed by atoms with van der Waals surface area (Å²) in [6.45, 7) is 0. The van der Waals surface area contributed by atoms with E-state index >= 15 is 0 Å². The lowest BCUT2D eigenvalue weighted by molar-refractivity contribution is -0.117. The van der Waals surface area contributed by atoms with Crippen LogP contribution in [0.3, 0.4) is 0 Å². The minimum absolute atomic E-state index is 0.0463. The largest absolute Gasteiger partial charge is 0.411 e. The topological polar surface area (TPSA) is 97.1 Å². The molecule has 0 unspecified atom stereocenters. The predicted molar refractivity (Wildman–Crippen MR) is 108 cm³/mol. The van der Waals surface area contributed by atoms with Gasteiger partial charge in [-0.2, -0.15) is 0 Å². The Kier molecular flexibility index (Phi) is 4.81. The average molecular weight is 413 g/mol. The van der Waals surface area contributed by atoms with Crippen molar-refractivity contribution in [1.82, 2.24) is 20.8 Å². The molecular weight excluding hydrogens is 388 g/mol. The van der Waals surface area contributed by atoms with Crippen molar-refractivity contribution < 1.29 is 14.0 Å². The molecule has 1 aromatic carbocycles. The van der Waals surface area contributed by atoms with Gasteiger partial charge in [0.1, 0.15) is 0 Å². The lowest BCUT2D eigenvalue weighted by atomic mass is 9.53. The number of nitrogens with zero attached hydrogens (tertiary/aromatic N) is 2. The van der Waals surface area contributed by atoms with Crippen LogP contribution in [0.1, 0.15) is 38.5 Å². The molecule has 1 aromatic heterocycles. The molecule has 4 bridgehead atoms. The van der Waals surface area contributed by atoms with Crippen LogP contribution in [0.5, 0.6) is 0 Å². The number of urea groups is 1. The van der Waals surface area contributed by atoms with Crippen LogP contribution >= 0.6 is 11.8 Å². The van der Waals surface area contributed by atoms with Crippen molar-refractivity contribution in [2.24, 2.45) is 17.8 Å². The molecule has 1 heterocycles. The van der Waals surface area contributed by atoms with Crippen molar-refractivity contribution in [3.8, 4) is 11.5 Å². The van der Waals surface area contributed by atoms with Crippen LogP contribution in [0.25, 0.3) is 11.5 Å². The number of carbonyl (C=O) groups excluding carboxylic acids is 2. The molecule has 4 fully saturated rings. The third-order valence-corrected chi connectivity index (χ3v) is 7.24. The first-order valence-corrected chi connectivity index (χ1v) is 11.2. The second-order valence-corrected chi connectivity index (χ2v) is 9.65. The van der Waals surface area contributed by atoms with Gasteiger partial charge in [0.2, 0.25) is 11.8 Å². The zero-order valence-electron chi connectivity index (χ0n) is 16.1. The lowest BCUT2D eigenvalue weighted by Crippen LogP contribution is -2.61. The average Bonchev–Trinajstić information content (AvgIpc) is 3.14. The molecule has 2 aromatic rings. The first-order chi connectivity index (χ1) is 14.1. The normalized spacial score (nSPS) is 29.6. The van der Waals surface area contributed by atoms with Gasteiger partial charge in [-0.15, -0.1) is 10.2 Å². The van der Waals surface area contributed by atoms with Crippen LogP contribution in [0.2, 0.25) is 0 Å². The highest BCUT2D eigenvalue weighted by Gasteiger charge is 2.51. The maximum atomic E-state index is 12.4. The molecule has 4 aliphatic carbocycles. The van der Waals surface area contributed by atoms with Gasteiger partial charge in [-0.25, -0.2) is 4.79 Å². The van der Waals surface area contributed by atoms with Gasteiger partial charge in [0.15, 0.2) is 0 Å². The van der Waals surface area contributed by atoms with E-state index < -0.39 is 0 Å². The lowest BCUT2D eigenvalue weighted by Gasteiger charge is -2.56. The maximum Gasteiger partial charge on any atom is 0.321 e. The monoisotopic (exact) mass is 412 g/mol. The second-order valence-electron chi connectivity index (χ2n) is 8.73. The number of nitrogens with one attached hydrogen (secondary N) is 2. The highest BCUT2D eigenvalue weighted by Crippen LogP contribution is 2.55. The molecule has 4 saturated carbocycles. The number of hydrogen-bond donors (Lipinski definition) is 2. The van der Waals surface area contributed by atoms with E-state index in [-0.39, 0.29) is 23.2 Å². The van der Waals surface area contributed by atoms with Crippen molar-refractivity contribution >= 4 is 23.7 Å². The summed E-state index contributed by atoms with van der Waals surface area (Å²) in [6, 6.07) is 9.07. The highest BCUT2D eigenvalue weighted by molar-refractivity contribution is 7.99. The molecule has 8 heteroatoms. The fourth-order valence-electron chi connectivity index (χ4n) is 5.79. The Morgan fingerprint density at radius 2 is 1.69 bits per heavy atom. The SMILES string of the molecule is O=C(CSc1nnc(-c2ccccc2)o1)NC(=O)NC12CC3CC(CC(C3)C1)C2. The minimum Gasteiger partial charge on any atom is -0.411 e. The quantitative estimate of drug-likeness (QED) is 0.728. The molecule has 0 aliphatic heterocycles. The van der Waals surface area contributed by atoms with E-state index in [1.54, 1.807) is 0 Å². The Morgan fingerprint density at radius 3 is 2.34 bits per heavy atom. The summed E-state index contributed by atoms with van der Waals surface area (Å²) in [5.74, 6) is 2.31. The fraction of sp³-hybridized carbons (Fsp3) is 0.524. The molecule has 7 nitrogen and oxygen atoms in total. The third-order valence-electron chi connectivity index (χ3n) is 6.42. The molecule has 6 rings (SSSR count). The summed E-state index contributed by atoms with van der Waals surface area (Å²) in [6.07, 6.45) is 7.10. The van der Waals surface area contributed by atoms with Crippen molar-refractivity contribution in [2.45, 2.75) is 49.3 Å². The van der Waals surface area contributed by atoms with Crippen LogP contribution in [0.4, 0.5) is 4.79 Å². The molecule has 0 saturated heterocycles. The highest BCUT2D eigenvalue weighted by atomic mass is 32.2. The van der Waals surface area contributed by atoms with Crippen molar-refractivity contribution in [1.29, 1.82) is 0 Å². The van der Waals surface area contributed by atoms with Gasteiger partial charge >= 0.3 is 6.03 Å². The van der Waals surface area contributed by atoms with E-state index in [0.29, 0.717) is 11.1 Å². The van der Waals surface area contributed by atoms with Gasteiger partial charge in [-0.05, 0) is 68.4 Å². The zero-order chi connectivity index (χ0) is 19.8. The predicted octanol–water partition coefficient (Wildman–Crippen LogP) is 3.62. The summed E-state index contributed by atoms with van der Waals surface area (Å²) in [7, 11) is 0. The van der Waals surface area contributed by atoms with Gasteiger partial charge in [0, 0.05) is 11.1 Å². The number of rotatable bonds is 5. The Bertz CT molecular complexity index is 878. The fourth-order valence-corrected chi connectivity index (χ4v) is 6.35. The van der Waals surface area contributed by atoms with Crippen LogP contribution in [-0.4, -0.2) is 33.4 Å². The minimum atomic E-state index is -0.381. The van der Waals surface area contributed by atoms with Gasteiger partial charge in [-0.3, -0.25) is 10.1 Å². The van der Waals surface area contributed by atoms with E-state index in [0.717, 1.165) is 54.3 Å². The van der Waals surface area contributed by atoms with Crippen molar-refractivity contribution in [3.63, 3.8) is 0 Å². The first kappa shape index (κ1) is 18.7. The standard InChI is InChI=1S/C21H24N4O3S/c26-17(12-29-20-25-24-18(28-20)16-4-2-1-3-5-16)22-19(27)23-21-9-13-6-14(10-21)8-15(7-13)11-21/h1-5,13-15H,6-12H2,(H2,22,23,26,27). The summed E-state index contributed by atoms with van der Waals surface area (Å²) in [5, 5.41) is 13.9. The molecule has 0 atom stereocenters. The van der Waals surface area contributed by atoms with E-state index in [1.807, 2.05) is 30.3 Å². The summed E-state index contributed by atoms with van der Waals surface area (Å²) in [5.41, 5.74) is 0.717. The Hall–Kier alpha value is -2.35. The second kappa shape index (κ2) is 7.48. The van der Waals surface area contributed by atoms with E-state index in [2.05, 4.69) is 20.8 Å². The smallest absolute Gasteiger partial charge is 0.321 e. The molecule has 0 radical (unpaired) electrons. The van der Waals surface area contributed by atoms with E-state index in [4.69, 9.17) is 4.42 Å². The number of aromatic nitrogens is 2. The molecule has 2 N–H and O–H groups in total. The number of thioether (sulfide) groups is 1. The molecule has 29 heavy (non-hydrogen) atoms. The van der Waals surface area contributed by atoms with Gasteiger partial charge in [-0.1, -0.05) is 30.0 Å². The Labute approximate surface area is 173 Å². The molecular formula is C21H24N4O3S. The maximum absolute atomic E-state index is 12.4. The number of imide groups is 1. The number of benzene rings is 1. The van der Waals surface area contributed by atoms with Gasteiger partial charge in [0.25, 0.3) is 5.22 Å². The number of hydrogen-bond acceptors (Lipinski definition) is 6. The van der Waals surface area contributed by atoms with Gasteiger partial charge < -0.3 is 9.73 Å². The van der Waals surface area contributed by atoms with Crippen LogP contribution in [0.15, 0.2) is 40.0 Å². The number of amides is 3. The molecule has 4 aliphatic rings. The Balaban J connectivity index is 1.12. The summed E-state index contributed by atoms with van der Waals surface area (Å²) >= 11 is 1.12. The molecule has 0 spiro atoms. The molecule has 3 amide bonds. The third kappa shape index (κ3) is 4.03. The van der Waals surface area contributed by atoms with Gasteiger partial charge in [0.05, 0.1) is 5.75 Å². The van der Waals surface area contributed by atoms with Crippen LogP contribution in [0, 0.1) is 17.8 Å². The summed E-state index contributed by atoms with van der Waals surface area (Å²) < 4.78 is 5.58. The van der Waals surface area contributed by atoms with Crippen LogP contribution in [-0.2, 0) is 4.79 Å². The number of carbonyl (C=O) groups is 2. The molecule has 152 valence electrons. The Morgan fingerprint density at radius 1 is 1.03 bits per heavy atom. The van der Waals surface area contributed by atoms with Crippen molar-refractivity contribution in [3.05, 3.63) is 30.3 Å². The van der Waals surface area contributed by atoms with Crippen LogP contribution < -0.4 is 10.6 Å². The zero-order valence-corrected chi connectivity index (χ0v) is 16.9. The van der Waals surface area contributed by atoms with E-state index in [9.17, 15) is 9.59 Å². The first-order valence-electron chi connectivity index (χ1n) is 10.2. The van der Waals surface area contributed by atoms with Crippen molar-refractivity contribution in [2.75, 3.05) is 5.75 Å². The summed E-state index contributed by atoms with van der Waals surface area (Å²) in [4.78, 5) is 24.6. The van der Waals surface area contributed by atoms with E-state index in [1.165, 1.54) is 19.3 Å².